The number of aldehydes is 1. The van der Waals surface area contributed by atoms with Gasteiger partial charge in [0.15, 0.2) is 6.29 Å². The van der Waals surface area contributed by atoms with Gasteiger partial charge in [-0.15, -0.1) is 0 Å². The Bertz CT molecular complexity index is 680. The Morgan fingerprint density at radius 2 is 2.00 bits per heavy atom. The number of hydrogen-bond acceptors (Lipinski definition) is 4. The Kier molecular flexibility index (Phi) is 2.81. The summed E-state index contributed by atoms with van der Waals surface area (Å²) in [5.74, 6) is 0. The number of carbonyl (C=O) groups is 1. The lowest BCUT2D eigenvalue weighted by atomic mass is 10.1. The molecule has 2 rings (SSSR count). The number of hydrogen-bond donors (Lipinski definition) is 1. The van der Waals surface area contributed by atoms with E-state index >= 15 is 0 Å². The van der Waals surface area contributed by atoms with Gasteiger partial charge >= 0.3 is 0 Å². The van der Waals surface area contributed by atoms with Gasteiger partial charge in [0.2, 0.25) is 10.0 Å². The molecule has 0 spiro atoms. The highest BCUT2D eigenvalue weighted by Gasteiger charge is 2.08. The van der Waals surface area contributed by atoms with Gasteiger partial charge in [-0.1, -0.05) is 12.1 Å². The minimum Gasteiger partial charge on any atom is -0.296 e. The minimum absolute atomic E-state index is 0.291. The molecular weight excluding hydrogens is 240 g/mol. The van der Waals surface area contributed by atoms with Crippen LogP contribution in [0.5, 0.6) is 0 Å². The van der Waals surface area contributed by atoms with Crippen LogP contribution in [-0.2, 0) is 10.0 Å². The van der Waals surface area contributed by atoms with Gasteiger partial charge in [0.05, 0.1) is 11.9 Å². The summed E-state index contributed by atoms with van der Waals surface area (Å²) in [7, 11) is -3.35. The van der Waals surface area contributed by atoms with Crippen molar-refractivity contribution in [3.05, 3.63) is 36.2 Å². The average molecular weight is 250 g/mol. The van der Waals surface area contributed by atoms with Crippen LogP contribution in [0, 0.1) is 0 Å². The average Bonchev–Trinajstić information content (AvgIpc) is 2.27. The van der Waals surface area contributed by atoms with Crippen LogP contribution in [0.4, 0.5) is 5.69 Å². The molecule has 0 saturated carbocycles. The first-order chi connectivity index (χ1) is 8.01. The van der Waals surface area contributed by atoms with Crippen molar-refractivity contribution in [2.45, 2.75) is 0 Å². The van der Waals surface area contributed by atoms with E-state index in [4.69, 9.17) is 0 Å². The second-order valence-corrected chi connectivity index (χ2v) is 5.34. The topological polar surface area (TPSA) is 76.1 Å². The third kappa shape index (κ3) is 2.42. The largest absolute Gasteiger partial charge is 0.296 e. The van der Waals surface area contributed by atoms with Crippen LogP contribution in [0.1, 0.15) is 10.5 Å². The van der Waals surface area contributed by atoms with Crippen LogP contribution < -0.4 is 4.72 Å². The molecule has 0 amide bonds. The van der Waals surface area contributed by atoms with Crippen molar-refractivity contribution in [2.24, 2.45) is 0 Å². The van der Waals surface area contributed by atoms with Crippen LogP contribution in [-0.4, -0.2) is 25.9 Å². The van der Waals surface area contributed by atoms with Gasteiger partial charge in [0.25, 0.3) is 0 Å². The number of pyridine rings is 1. The quantitative estimate of drug-likeness (QED) is 0.836. The summed E-state index contributed by atoms with van der Waals surface area (Å²) in [6.07, 6.45) is 3.19. The maximum Gasteiger partial charge on any atom is 0.229 e. The van der Waals surface area contributed by atoms with Crippen LogP contribution in [0.3, 0.4) is 0 Å². The normalized spacial score (nSPS) is 11.4. The summed E-state index contributed by atoms with van der Waals surface area (Å²) in [6, 6.07) is 6.69. The van der Waals surface area contributed by atoms with Gasteiger partial charge in [-0.25, -0.2) is 8.42 Å². The van der Waals surface area contributed by atoms with Crippen LogP contribution in [0.25, 0.3) is 10.8 Å². The number of rotatable bonds is 3. The van der Waals surface area contributed by atoms with Gasteiger partial charge in [0.1, 0.15) is 5.69 Å². The van der Waals surface area contributed by atoms with Crippen molar-refractivity contribution in [1.82, 2.24) is 4.98 Å². The first-order valence-electron chi connectivity index (χ1n) is 4.82. The molecule has 0 bridgehead atoms. The SMILES string of the molecule is CS(=O)(=O)Nc1cccc2c(C=O)nccc12. The fourth-order valence-corrected chi connectivity index (χ4v) is 2.19. The Hall–Kier alpha value is -1.95. The van der Waals surface area contributed by atoms with Crippen molar-refractivity contribution in [2.75, 3.05) is 11.0 Å². The number of benzene rings is 1. The van der Waals surface area contributed by atoms with Gasteiger partial charge < -0.3 is 0 Å². The molecule has 1 heterocycles. The number of aromatic nitrogens is 1. The fourth-order valence-electron chi connectivity index (χ4n) is 1.61. The maximum absolute atomic E-state index is 11.2. The molecule has 0 fully saturated rings. The molecule has 0 radical (unpaired) electrons. The van der Waals surface area contributed by atoms with E-state index in [0.29, 0.717) is 28.4 Å². The summed E-state index contributed by atoms with van der Waals surface area (Å²) >= 11 is 0. The molecule has 6 heteroatoms. The highest BCUT2D eigenvalue weighted by atomic mass is 32.2. The summed E-state index contributed by atoms with van der Waals surface area (Å²) in [6.45, 7) is 0. The summed E-state index contributed by atoms with van der Waals surface area (Å²) < 4.78 is 24.8. The molecule has 0 saturated heterocycles. The zero-order chi connectivity index (χ0) is 12.5. The molecule has 5 nitrogen and oxygen atoms in total. The van der Waals surface area contributed by atoms with Crippen molar-refractivity contribution in [3.63, 3.8) is 0 Å². The van der Waals surface area contributed by atoms with Crippen LogP contribution in [0.2, 0.25) is 0 Å². The van der Waals surface area contributed by atoms with Gasteiger partial charge in [-0.2, -0.15) is 0 Å². The molecule has 0 atom stereocenters. The molecule has 1 aromatic carbocycles. The highest BCUT2D eigenvalue weighted by Crippen LogP contribution is 2.24. The number of nitrogens with zero attached hydrogens (tertiary/aromatic N) is 1. The predicted octanol–water partition coefficient (Wildman–Crippen LogP) is 1.42. The van der Waals surface area contributed by atoms with Crippen molar-refractivity contribution in [3.8, 4) is 0 Å². The smallest absolute Gasteiger partial charge is 0.229 e. The molecule has 0 unspecified atom stereocenters. The van der Waals surface area contributed by atoms with E-state index < -0.39 is 10.0 Å². The van der Waals surface area contributed by atoms with E-state index in [-0.39, 0.29) is 0 Å². The number of carbonyl (C=O) groups excluding carboxylic acids is 1. The molecule has 17 heavy (non-hydrogen) atoms. The number of nitrogens with one attached hydrogen (secondary N) is 1. The third-order valence-corrected chi connectivity index (χ3v) is 2.83. The van der Waals surface area contributed by atoms with Crippen LogP contribution >= 0.6 is 0 Å². The zero-order valence-corrected chi connectivity index (χ0v) is 9.86. The van der Waals surface area contributed by atoms with Crippen molar-refractivity contribution in [1.29, 1.82) is 0 Å². The first kappa shape index (κ1) is 11.5. The Morgan fingerprint density at radius 1 is 1.24 bits per heavy atom. The van der Waals surface area contributed by atoms with Crippen molar-refractivity contribution < 1.29 is 13.2 Å². The van der Waals surface area contributed by atoms with Crippen LogP contribution in [0.15, 0.2) is 30.5 Å². The Morgan fingerprint density at radius 3 is 2.65 bits per heavy atom. The first-order valence-corrected chi connectivity index (χ1v) is 6.71. The summed E-state index contributed by atoms with van der Waals surface area (Å²) in [5, 5.41) is 1.27. The van der Waals surface area contributed by atoms with E-state index in [0.717, 1.165) is 6.26 Å². The highest BCUT2D eigenvalue weighted by molar-refractivity contribution is 7.92. The molecule has 88 valence electrons. The fraction of sp³-hybridized carbons (Fsp3) is 0.0909. The van der Waals surface area contributed by atoms with Gasteiger partial charge in [-0.3, -0.25) is 14.5 Å². The molecule has 0 aliphatic rings. The summed E-state index contributed by atoms with van der Waals surface area (Å²) in [4.78, 5) is 14.7. The standard InChI is InChI=1S/C11H10N2O3S/c1-17(15,16)13-10-4-2-3-8-9(10)5-6-12-11(8)7-14/h2-7,13H,1H3. The molecule has 1 aromatic heterocycles. The summed E-state index contributed by atoms with van der Waals surface area (Å²) in [5.41, 5.74) is 0.732. The van der Waals surface area contributed by atoms with E-state index in [2.05, 4.69) is 9.71 Å². The molecule has 1 N–H and O–H groups in total. The van der Waals surface area contributed by atoms with E-state index in [1.54, 1.807) is 24.3 Å². The lowest BCUT2D eigenvalue weighted by Crippen LogP contribution is -2.09. The molecule has 0 aliphatic carbocycles. The Balaban J connectivity index is 2.70. The van der Waals surface area contributed by atoms with E-state index in [1.165, 1.54) is 6.20 Å². The molecule has 0 aliphatic heterocycles. The Labute approximate surface area is 98.5 Å². The van der Waals surface area contributed by atoms with E-state index in [9.17, 15) is 13.2 Å². The zero-order valence-electron chi connectivity index (χ0n) is 9.04. The van der Waals surface area contributed by atoms with Gasteiger partial charge in [0, 0.05) is 17.0 Å². The van der Waals surface area contributed by atoms with Gasteiger partial charge in [-0.05, 0) is 12.1 Å². The lowest BCUT2D eigenvalue weighted by molar-refractivity contribution is 0.112. The number of anilines is 1. The van der Waals surface area contributed by atoms with Crippen molar-refractivity contribution >= 4 is 32.8 Å². The second kappa shape index (κ2) is 4.14. The number of sulfonamides is 1. The minimum atomic E-state index is -3.35. The maximum atomic E-state index is 11.2. The third-order valence-electron chi connectivity index (χ3n) is 2.24. The molecule has 2 aromatic rings. The van der Waals surface area contributed by atoms with E-state index in [1.807, 2.05) is 0 Å². The number of fused-ring (bicyclic) bond motifs is 1. The second-order valence-electron chi connectivity index (χ2n) is 3.59. The monoisotopic (exact) mass is 250 g/mol. The predicted molar refractivity (Wildman–Crippen MR) is 65.6 cm³/mol. The molecular formula is C11H10N2O3S. The lowest BCUT2D eigenvalue weighted by Gasteiger charge is -2.08.